The molecule has 4 rings (SSSR count). The summed E-state index contributed by atoms with van der Waals surface area (Å²) in [5, 5.41) is 7.78. The van der Waals surface area contributed by atoms with Crippen LogP contribution in [-0.4, -0.2) is 28.4 Å². The largest absolute Gasteiger partial charge is 0.483 e. The van der Waals surface area contributed by atoms with Gasteiger partial charge in [0, 0.05) is 26.1 Å². The van der Waals surface area contributed by atoms with E-state index >= 15 is 0 Å². The first-order valence-electron chi connectivity index (χ1n) is 11.4. The van der Waals surface area contributed by atoms with Crippen molar-refractivity contribution in [3.8, 4) is 5.75 Å². The fourth-order valence-electron chi connectivity index (χ4n) is 3.51. The number of rotatable bonds is 8. The summed E-state index contributed by atoms with van der Waals surface area (Å²) >= 11 is 6.89. The minimum Gasteiger partial charge on any atom is -0.483 e. The van der Waals surface area contributed by atoms with Crippen LogP contribution in [0.4, 0.5) is 5.69 Å². The fourth-order valence-corrected chi connectivity index (χ4v) is 4.25. The molecule has 9 heteroatoms. The van der Waals surface area contributed by atoms with Crippen molar-refractivity contribution in [3.05, 3.63) is 97.4 Å². The maximum absolute atomic E-state index is 13.4. The molecular weight excluding hydrogens is 588 g/mol. The van der Waals surface area contributed by atoms with Crippen molar-refractivity contribution in [2.75, 3.05) is 11.9 Å². The molecule has 184 valence electrons. The standard InChI is InChI=1S/C27H24Br2N4O3/c1-3-17(2)26-32-23-11-9-20(29)14-22(23)27(35)33(26)30-15-18-13-19(28)10-12-24(18)36-16-25(34)31-21-7-5-4-6-8-21/h4-15,17H,3,16H2,1-2H3,(H,31,34)/t17-/m1/s1. The third-order valence-electron chi connectivity index (χ3n) is 5.59. The molecule has 0 saturated carbocycles. The Balaban J connectivity index is 1.65. The molecule has 4 aromatic rings. The summed E-state index contributed by atoms with van der Waals surface area (Å²) in [7, 11) is 0. The number of amides is 1. The van der Waals surface area contributed by atoms with Crippen molar-refractivity contribution in [2.24, 2.45) is 5.10 Å². The van der Waals surface area contributed by atoms with E-state index in [4.69, 9.17) is 9.72 Å². The van der Waals surface area contributed by atoms with Crippen LogP contribution in [0.1, 0.15) is 37.6 Å². The fraction of sp³-hybridized carbons (Fsp3) is 0.185. The van der Waals surface area contributed by atoms with Crippen molar-refractivity contribution in [2.45, 2.75) is 26.2 Å². The number of ether oxygens (including phenoxy) is 1. The molecule has 1 atom stereocenters. The van der Waals surface area contributed by atoms with Crippen LogP contribution >= 0.6 is 31.9 Å². The van der Waals surface area contributed by atoms with E-state index in [1.54, 1.807) is 30.5 Å². The highest BCUT2D eigenvalue weighted by Crippen LogP contribution is 2.24. The molecule has 0 radical (unpaired) electrons. The summed E-state index contributed by atoms with van der Waals surface area (Å²) in [6, 6.07) is 20.0. The van der Waals surface area contributed by atoms with Crippen LogP contribution < -0.4 is 15.6 Å². The van der Waals surface area contributed by atoms with Crippen LogP contribution in [0.5, 0.6) is 5.75 Å². The van der Waals surface area contributed by atoms with Crippen molar-refractivity contribution >= 4 is 60.6 Å². The zero-order chi connectivity index (χ0) is 25.7. The molecule has 7 nitrogen and oxygen atoms in total. The number of halogens is 2. The number of hydrogen-bond donors (Lipinski definition) is 1. The van der Waals surface area contributed by atoms with Crippen LogP contribution in [-0.2, 0) is 4.79 Å². The van der Waals surface area contributed by atoms with Crippen LogP contribution in [0.25, 0.3) is 10.9 Å². The maximum atomic E-state index is 13.4. The van der Waals surface area contributed by atoms with Crippen LogP contribution in [0.15, 0.2) is 85.6 Å². The van der Waals surface area contributed by atoms with E-state index in [1.807, 2.05) is 56.3 Å². The van der Waals surface area contributed by atoms with Crippen molar-refractivity contribution < 1.29 is 9.53 Å². The average molecular weight is 612 g/mol. The van der Waals surface area contributed by atoms with E-state index in [1.165, 1.54) is 4.68 Å². The molecule has 1 heterocycles. The number of hydrogen-bond acceptors (Lipinski definition) is 5. The van der Waals surface area contributed by atoms with E-state index in [2.05, 4.69) is 42.3 Å². The van der Waals surface area contributed by atoms with Gasteiger partial charge in [-0.25, -0.2) is 4.98 Å². The van der Waals surface area contributed by atoms with Gasteiger partial charge >= 0.3 is 0 Å². The van der Waals surface area contributed by atoms with Gasteiger partial charge in [-0.3, -0.25) is 9.59 Å². The van der Waals surface area contributed by atoms with E-state index in [0.29, 0.717) is 33.7 Å². The van der Waals surface area contributed by atoms with Gasteiger partial charge in [0.1, 0.15) is 11.6 Å². The second-order valence-electron chi connectivity index (χ2n) is 8.19. The topological polar surface area (TPSA) is 85.6 Å². The Labute approximate surface area is 225 Å². The summed E-state index contributed by atoms with van der Waals surface area (Å²) < 4.78 is 8.73. The molecule has 0 saturated heterocycles. The molecule has 0 bridgehead atoms. The molecule has 0 aliphatic carbocycles. The zero-order valence-electron chi connectivity index (χ0n) is 19.7. The number of aromatic nitrogens is 2. The summed E-state index contributed by atoms with van der Waals surface area (Å²) in [6.45, 7) is 3.87. The molecule has 1 amide bonds. The SMILES string of the molecule is CC[C@@H](C)c1nc2ccc(Br)cc2c(=O)n1N=Cc1cc(Br)ccc1OCC(=O)Nc1ccccc1. The van der Waals surface area contributed by atoms with Crippen LogP contribution in [0.2, 0.25) is 0 Å². The molecule has 0 fully saturated rings. The summed E-state index contributed by atoms with van der Waals surface area (Å²) in [4.78, 5) is 30.5. The lowest BCUT2D eigenvalue weighted by atomic mass is 10.1. The number of nitrogens with one attached hydrogen (secondary N) is 1. The smallest absolute Gasteiger partial charge is 0.282 e. The van der Waals surface area contributed by atoms with Gasteiger partial charge in [0.2, 0.25) is 0 Å². The maximum Gasteiger partial charge on any atom is 0.282 e. The number of benzene rings is 3. The molecule has 36 heavy (non-hydrogen) atoms. The first kappa shape index (κ1) is 25.8. The van der Waals surface area contributed by atoms with Crippen LogP contribution in [0, 0.1) is 0 Å². The zero-order valence-corrected chi connectivity index (χ0v) is 22.9. The highest BCUT2D eigenvalue weighted by Gasteiger charge is 2.16. The van der Waals surface area contributed by atoms with Gasteiger partial charge in [0.15, 0.2) is 6.61 Å². The Morgan fingerprint density at radius 3 is 2.58 bits per heavy atom. The van der Waals surface area contributed by atoms with E-state index in [9.17, 15) is 9.59 Å². The van der Waals surface area contributed by atoms with Gasteiger partial charge in [-0.1, -0.05) is 63.9 Å². The Bertz CT molecular complexity index is 1490. The summed E-state index contributed by atoms with van der Waals surface area (Å²) in [6.07, 6.45) is 2.35. The average Bonchev–Trinajstić information content (AvgIpc) is 2.88. The predicted octanol–water partition coefficient (Wildman–Crippen LogP) is 6.33. The Hall–Kier alpha value is -3.30. The Morgan fingerprint density at radius 2 is 1.83 bits per heavy atom. The number of nitrogens with zero attached hydrogens (tertiary/aromatic N) is 3. The minimum atomic E-state index is -0.286. The van der Waals surface area contributed by atoms with Gasteiger partial charge in [-0.15, -0.1) is 0 Å². The molecule has 0 aliphatic rings. The van der Waals surface area contributed by atoms with Gasteiger partial charge in [0.25, 0.3) is 11.5 Å². The third-order valence-corrected chi connectivity index (χ3v) is 6.57. The Kier molecular flexibility index (Phi) is 8.32. The number of para-hydroxylation sites is 1. The van der Waals surface area contributed by atoms with Gasteiger partial charge in [-0.05, 0) is 55.0 Å². The van der Waals surface area contributed by atoms with Crippen molar-refractivity contribution in [3.63, 3.8) is 0 Å². The van der Waals surface area contributed by atoms with E-state index in [-0.39, 0.29) is 24.0 Å². The van der Waals surface area contributed by atoms with Crippen molar-refractivity contribution in [1.29, 1.82) is 0 Å². The lowest BCUT2D eigenvalue weighted by molar-refractivity contribution is -0.118. The number of anilines is 1. The molecule has 3 aromatic carbocycles. The van der Waals surface area contributed by atoms with Gasteiger partial charge < -0.3 is 10.1 Å². The van der Waals surface area contributed by atoms with Crippen molar-refractivity contribution in [1.82, 2.24) is 9.66 Å². The summed E-state index contributed by atoms with van der Waals surface area (Å²) in [5.74, 6) is 0.766. The lowest BCUT2D eigenvalue weighted by Crippen LogP contribution is -2.24. The first-order valence-corrected chi connectivity index (χ1v) is 13.0. The van der Waals surface area contributed by atoms with Gasteiger partial charge in [-0.2, -0.15) is 9.78 Å². The third kappa shape index (κ3) is 6.09. The molecule has 0 spiro atoms. The second kappa shape index (κ2) is 11.6. The predicted molar refractivity (Wildman–Crippen MR) is 150 cm³/mol. The lowest BCUT2D eigenvalue weighted by Gasteiger charge is -2.14. The minimum absolute atomic E-state index is 0.0165. The number of carbonyl (C=O) groups is 1. The molecular formula is C27H24Br2N4O3. The normalized spacial score (nSPS) is 12.1. The molecule has 1 aromatic heterocycles. The number of carbonyl (C=O) groups excluding carboxylic acids is 1. The molecule has 1 N–H and O–H groups in total. The van der Waals surface area contributed by atoms with E-state index in [0.717, 1.165) is 15.4 Å². The molecule has 0 aliphatic heterocycles. The van der Waals surface area contributed by atoms with E-state index < -0.39 is 0 Å². The first-order chi connectivity index (χ1) is 17.4. The second-order valence-corrected chi connectivity index (χ2v) is 10.0. The monoisotopic (exact) mass is 610 g/mol. The number of fused-ring (bicyclic) bond motifs is 1. The molecule has 0 unspecified atom stereocenters. The Morgan fingerprint density at radius 1 is 1.11 bits per heavy atom. The highest BCUT2D eigenvalue weighted by atomic mass is 79.9. The quantitative estimate of drug-likeness (QED) is 0.236. The highest BCUT2D eigenvalue weighted by molar-refractivity contribution is 9.10. The van der Waals surface area contributed by atoms with Gasteiger partial charge in [0.05, 0.1) is 17.1 Å². The summed E-state index contributed by atoms with van der Waals surface area (Å²) in [5.41, 5.74) is 1.66. The van der Waals surface area contributed by atoms with Crippen LogP contribution in [0.3, 0.4) is 0 Å².